The Morgan fingerprint density at radius 3 is 2.48 bits per heavy atom. The minimum absolute atomic E-state index is 0.689. The van der Waals surface area contributed by atoms with Gasteiger partial charge in [0.1, 0.15) is 0 Å². The second-order valence-corrected chi connectivity index (χ2v) is 20.4. The Kier molecular flexibility index (Phi) is 17.1. The summed E-state index contributed by atoms with van der Waals surface area (Å²) in [5.74, 6) is 5.42. The van der Waals surface area contributed by atoms with Gasteiger partial charge >= 0.3 is 0 Å². The monoisotopic (exact) mass is 822 g/mol. The maximum absolute atomic E-state index is 4.35. The SMILES string of the molecule is C=C1/C=C\CCC/C=C\C(NC/C(=C\C=C(/C)[C@H]2CCC(C3=CC(CCC(C)C(C)CCCNC)=C(C)CC3)C3CCCCC32)c2ccc3c(c2)CCC(C2CCNC2)=C3)=C/1. The summed E-state index contributed by atoms with van der Waals surface area (Å²) in [7, 11) is 2.08. The largest absolute Gasteiger partial charge is 0.381 e. The molecule has 7 atom stereocenters. The first-order chi connectivity index (χ1) is 29.8. The van der Waals surface area contributed by atoms with Crippen LogP contribution in [0.3, 0.4) is 0 Å². The summed E-state index contributed by atoms with van der Waals surface area (Å²) >= 11 is 0. The fraction of sp³-hybridized carbons (Fsp3) is 0.586. The van der Waals surface area contributed by atoms with Crippen LogP contribution < -0.4 is 16.0 Å². The molecule has 3 nitrogen and oxygen atoms in total. The highest BCUT2D eigenvalue weighted by molar-refractivity contribution is 5.72. The lowest BCUT2D eigenvalue weighted by atomic mass is 9.57. The molecule has 330 valence electrons. The number of aryl methyl sites for hydroxylation is 1. The minimum atomic E-state index is 0.689. The number of fused-ring (bicyclic) bond motifs is 2. The number of hydrogen-bond donors (Lipinski definition) is 3. The summed E-state index contributed by atoms with van der Waals surface area (Å²) in [6, 6.07) is 7.33. The average Bonchev–Trinajstić information content (AvgIpc) is 3.83. The van der Waals surface area contributed by atoms with E-state index in [1.54, 1.807) is 22.3 Å². The Labute approximate surface area is 373 Å². The molecule has 6 unspecified atom stereocenters. The molecule has 1 saturated heterocycles. The van der Waals surface area contributed by atoms with E-state index in [1.807, 2.05) is 5.57 Å². The van der Waals surface area contributed by atoms with Crippen molar-refractivity contribution in [2.45, 2.75) is 143 Å². The molecule has 3 fully saturated rings. The molecule has 1 aromatic rings. The zero-order chi connectivity index (χ0) is 42.6. The van der Waals surface area contributed by atoms with Gasteiger partial charge in [-0.1, -0.05) is 116 Å². The van der Waals surface area contributed by atoms with Gasteiger partial charge < -0.3 is 16.0 Å². The fourth-order valence-electron chi connectivity index (χ4n) is 12.1. The van der Waals surface area contributed by atoms with E-state index in [0.717, 1.165) is 86.3 Å². The van der Waals surface area contributed by atoms with Crippen molar-refractivity contribution in [1.29, 1.82) is 0 Å². The van der Waals surface area contributed by atoms with Gasteiger partial charge in [-0.2, -0.15) is 0 Å². The van der Waals surface area contributed by atoms with Gasteiger partial charge in [-0.3, -0.25) is 0 Å². The van der Waals surface area contributed by atoms with Crippen molar-refractivity contribution in [3.05, 3.63) is 129 Å². The van der Waals surface area contributed by atoms with Crippen molar-refractivity contribution in [3.63, 3.8) is 0 Å². The zero-order valence-electron chi connectivity index (χ0n) is 39.2. The Morgan fingerprint density at radius 2 is 1.66 bits per heavy atom. The van der Waals surface area contributed by atoms with Gasteiger partial charge in [0.2, 0.25) is 0 Å². The van der Waals surface area contributed by atoms with Gasteiger partial charge in [-0.25, -0.2) is 0 Å². The fourth-order valence-corrected chi connectivity index (χ4v) is 12.1. The third-order valence-electron chi connectivity index (χ3n) is 16.2. The lowest BCUT2D eigenvalue weighted by Gasteiger charge is -2.48. The Balaban J connectivity index is 1.09. The predicted molar refractivity (Wildman–Crippen MR) is 265 cm³/mol. The Morgan fingerprint density at radius 1 is 0.852 bits per heavy atom. The van der Waals surface area contributed by atoms with E-state index in [9.17, 15) is 0 Å². The molecular weight excluding hydrogens is 739 g/mol. The summed E-state index contributed by atoms with van der Waals surface area (Å²) in [5, 5.41) is 10.8. The third kappa shape index (κ3) is 12.4. The van der Waals surface area contributed by atoms with Gasteiger partial charge in [0, 0.05) is 18.8 Å². The van der Waals surface area contributed by atoms with E-state index < -0.39 is 0 Å². The maximum atomic E-state index is 4.35. The molecule has 0 bridgehead atoms. The predicted octanol–water partition coefficient (Wildman–Crippen LogP) is 14.2. The van der Waals surface area contributed by atoms with Crippen LogP contribution in [0.4, 0.5) is 0 Å². The molecule has 2 saturated carbocycles. The average molecular weight is 822 g/mol. The first-order valence-electron chi connectivity index (χ1n) is 25.2. The molecule has 7 rings (SSSR count). The first-order valence-corrected chi connectivity index (χ1v) is 25.2. The van der Waals surface area contributed by atoms with E-state index in [-0.39, 0.29) is 0 Å². The van der Waals surface area contributed by atoms with E-state index in [1.165, 1.54) is 119 Å². The van der Waals surface area contributed by atoms with Gasteiger partial charge in [0.25, 0.3) is 0 Å². The zero-order valence-corrected chi connectivity index (χ0v) is 39.2. The van der Waals surface area contributed by atoms with Crippen LogP contribution >= 0.6 is 0 Å². The van der Waals surface area contributed by atoms with Crippen LogP contribution in [0.25, 0.3) is 11.6 Å². The van der Waals surface area contributed by atoms with Gasteiger partial charge in [-0.05, 0) is 224 Å². The van der Waals surface area contributed by atoms with E-state index in [4.69, 9.17) is 0 Å². The number of benzene rings is 1. The van der Waals surface area contributed by atoms with Crippen LogP contribution in [-0.2, 0) is 6.42 Å². The normalized spacial score (nSPS) is 29.4. The standard InChI is InChI=1S/C58H83N3/c1-41-15-10-8-7-9-11-17-54(35-41)61-40-52(49-28-26-48-38-50(29-27-47(48)37-49)53-32-34-60-39-53)25-22-45(5)55-30-31-56(58-19-13-12-18-57(55)58)51-24-21-44(4)46(36-51)23-20-43(3)42(2)16-14-33-59-6/h10-11,15,17,22,25-26,28,35-38,42-43,53,55-61H,1,7-9,12-14,16,18-21,23-24,27,29-34,39-40H2,2-6H3/b15-10-,17-11-,45-22+,52-25+,54-35+/t42?,43?,53?,55-,56?,57?,58?/m1/s1. The number of nitrogens with one attached hydrogen (secondary N) is 3. The Bertz CT molecular complexity index is 1900. The quantitative estimate of drug-likeness (QED) is 0.115. The molecule has 5 aliphatic carbocycles. The van der Waals surface area contributed by atoms with Crippen molar-refractivity contribution in [3.8, 4) is 0 Å². The number of rotatable bonds is 16. The molecule has 0 spiro atoms. The lowest BCUT2D eigenvalue weighted by Crippen LogP contribution is -2.38. The second-order valence-electron chi connectivity index (χ2n) is 20.4. The number of hydrogen-bond acceptors (Lipinski definition) is 3. The second kappa shape index (κ2) is 22.8. The van der Waals surface area contributed by atoms with Crippen molar-refractivity contribution in [2.24, 2.45) is 41.4 Å². The van der Waals surface area contributed by atoms with Crippen molar-refractivity contribution in [2.75, 3.05) is 33.2 Å². The van der Waals surface area contributed by atoms with E-state index in [0.29, 0.717) is 11.8 Å². The molecule has 0 aromatic heterocycles. The van der Waals surface area contributed by atoms with Gasteiger partial charge in [0.15, 0.2) is 0 Å². The highest BCUT2D eigenvalue weighted by Gasteiger charge is 2.42. The minimum Gasteiger partial charge on any atom is -0.381 e. The molecule has 3 N–H and O–H groups in total. The summed E-state index contributed by atoms with van der Waals surface area (Å²) in [5.41, 5.74) is 16.3. The molecule has 1 heterocycles. The van der Waals surface area contributed by atoms with Crippen LogP contribution in [0.15, 0.2) is 113 Å². The molecule has 61 heavy (non-hydrogen) atoms. The lowest BCUT2D eigenvalue weighted by molar-refractivity contribution is 0.0808. The summed E-state index contributed by atoms with van der Waals surface area (Å²) < 4.78 is 0. The molecule has 1 aliphatic heterocycles. The van der Waals surface area contributed by atoms with Crippen molar-refractivity contribution in [1.82, 2.24) is 16.0 Å². The maximum Gasteiger partial charge on any atom is 0.0406 e. The summed E-state index contributed by atoms with van der Waals surface area (Å²) in [6.07, 6.45) is 44.8. The van der Waals surface area contributed by atoms with Gasteiger partial charge in [-0.15, -0.1) is 0 Å². The molecule has 3 heteroatoms. The van der Waals surface area contributed by atoms with E-state index >= 15 is 0 Å². The van der Waals surface area contributed by atoms with Crippen LogP contribution in [0.1, 0.15) is 154 Å². The molecular formula is C58H83N3. The molecule has 1 aromatic carbocycles. The highest BCUT2D eigenvalue weighted by Crippen LogP contribution is 2.52. The van der Waals surface area contributed by atoms with Crippen LogP contribution in [0.5, 0.6) is 0 Å². The van der Waals surface area contributed by atoms with Crippen molar-refractivity contribution >= 4 is 11.6 Å². The van der Waals surface area contributed by atoms with Crippen molar-refractivity contribution < 1.29 is 0 Å². The smallest absolute Gasteiger partial charge is 0.0406 e. The third-order valence-corrected chi connectivity index (χ3v) is 16.2. The molecule has 0 radical (unpaired) electrons. The molecule has 0 amide bonds. The Hall–Kier alpha value is -3.40. The van der Waals surface area contributed by atoms with Crippen LogP contribution in [0, 0.1) is 41.4 Å². The van der Waals surface area contributed by atoms with E-state index in [2.05, 4.69) is 130 Å². The number of allylic oxidation sites excluding steroid dienone is 13. The van der Waals surface area contributed by atoms with Crippen LogP contribution in [0.2, 0.25) is 0 Å². The molecule has 6 aliphatic rings. The topological polar surface area (TPSA) is 36.1 Å². The summed E-state index contributed by atoms with van der Waals surface area (Å²) in [6.45, 7) is 18.5. The first kappa shape index (κ1) is 45.6. The van der Waals surface area contributed by atoms with Gasteiger partial charge in [0.05, 0.1) is 0 Å². The highest BCUT2D eigenvalue weighted by atomic mass is 14.9. The summed E-state index contributed by atoms with van der Waals surface area (Å²) in [4.78, 5) is 0. The van der Waals surface area contributed by atoms with Crippen LogP contribution in [-0.4, -0.2) is 33.2 Å².